The van der Waals surface area contributed by atoms with Gasteiger partial charge in [-0.05, 0) is 29.8 Å². The van der Waals surface area contributed by atoms with Crippen LogP contribution in [0.1, 0.15) is 11.1 Å². The summed E-state index contributed by atoms with van der Waals surface area (Å²) in [4.78, 5) is 44.4. The maximum atomic E-state index is 14.1. The first-order valence-corrected chi connectivity index (χ1v) is 11.6. The Kier molecular flexibility index (Phi) is 4.62. The molecule has 6 rings (SSSR count). The van der Waals surface area contributed by atoms with E-state index in [4.69, 9.17) is 23.8 Å². The first-order chi connectivity index (χ1) is 16.4. The van der Waals surface area contributed by atoms with Gasteiger partial charge in [-0.3, -0.25) is 14.4 Å². The second-order valence-electron chi connectivity index (χ2n) is 8.64. The highest BCUT2D eigenvalue weighted by Crippen LogP contribution is 2.54. The van der Waals surface area contributed by atoms with E-state index in [9.17, 15) is 14.4 Å². The van der Waals surface area contributed by atoms with Crippen LogP contribution in [0.2, 0.25) is 5.02 Å². The smallest absolute Gasteiger partial charge is 0.258 e. The molecule has 2 fully saturated rings. The zero-order valence-electron chi connectivity index (χ0n) is 17.8. The van der Waals surface area contributed by atoms with Crippen LogP contribution in [-0.4, -0.2) is 22.7 Å². The molecule has 168 valence electrons. The predicted octanol–water partition coefficient (Wildman–Crippen LogP) is 3.82. The molecule has 2 saturated heterocycles. The summed E-state index contributed by atoms with van der Waals surface area (Å²) in [5.74, 6) is -3.11. The van der Waals surface area contributed by atoms with Gasteiger partial charge in [0, 0.05) is 10.6 Å². The molecule has 0 unspecified atom stereocenters. The molecule has 3 aromatic rings. The summed E-state index contributed by atoms with van der Waals surface area (Å²) in [6.45, 7) is 0.338. The minimum atomic E-state index is -1.44. The molecular weight excluding hydrogens is 470 g/mol. The molecule has 0 aromatic heterocycles. The van der Waals surface area contributed by atoms with Gasteiger partial charge in [0.2, 0.25) is 11.8 Å². The first kappa shape index (κ1) is 21.0. The van der Waals surface area contributed by atoms with Crippen molar-refractivity contribution in [1.82, 2.24) is 5.32 Å². The number of anilines is 2. The van der Waals surface area contributed by atoms with Gasteiger partial charge in [0.1, 0.15) is 5.92 Å². The lowest BCUT2D eigenvalue weighted by Gasteiger charge is -2.29. The molecule has 0 aliphatic carbocycles. The predicted molar refractivity (Wildman–Crippen MR) is 132 cm³/mol. The van der Waals surface area contributed by atoms with Gasteiger partial charge in [-0.15, -0.1) is 0 Å². The number of imide groups is 1. The lowest BCUT2D eigenvalue weighted by molar-refractivity contribution is -0.132. The first-order valence-electron chi connectivity index (χ1n) is 10.8. The Morgan fingerprint density at radius 3 is 2.41 bits per heavy atom. The van der Waals surface area contributed by atoms with Crippen molar-refractivity contribution in [1.29, 1.82) is 0 Å². The summed E-state index contributed by atoms with van der Waals surface area (Å²) in [5, 5.41) is 3.55. The Hall–Kier alpha value is -3.55. The lowest BCUT2D eigenvalue weighted by atomic mass is 9.77. The number of nitrogens with zero attached hydrogens (tertiary/aromatic N) is 2. The van der Waals surface area contributed by atoms with E-state index in [0.717, 1.165) is 10.5 Å². The molecule has 0 saturated carbocycles. The third-order valence-corrected chi connectivity index (χ3v) is 7.42. The summed E-state index contributed by atoms with van der Waals surface area (Å²) in [6.07, 6.45) is 0. The number of benzene rings is 3. The van der Waals surface area contributed by atoms with Crippen LogP contribution < -0.4 is 15.1 Å². The molecule has 0 bridgehead atoms. The van der Waals surface area contributed by atoms with Crippen LogP contribution in [0.15, 0.2) is 78.9 Å². The fraction of sp³-hybridized carbons (Fsp3) is 0.154. The Labute approximate surface area is 206 Å². The normalized spacial score (nSPS) is 25.2. The average molecular weight is 488 g/mol. The Bertz CT molecular complexity index is 1390. The van der Waals surface area contributed by atoms with Crippen molar-refractivity contribution in [3.05, 3.63) is 95.0 Å². The lowest BCUT2D eigenvalue weighted by Crippen LogP contribution is -2.54. The molecule has 3 aliphatic heterocycles. The van der Waals surface area contributed by atoms with Crippen LogP contribution >= 0.6 is 23.8 Å². The summed E-state index contributed by atoms with van der Waals surface area (Å²) in [5.41, 5.74) is 1.24. The van der Waals surface area contributed by atoms with Crippen molar-refractivity contribution < 1.29 is 14.4 Å². The van der Waals surface area contributed by atoms with Crippen LogP contribution in [0.4, 0.5) is 11.4 Å². The van der Waals surface area contributed by atoms with E-state index in [1.165, 1.54) is 0 Å². The van der Waals surface area contributed by atoms with Crippen molar-refractivity contribution in [2.45, 2.75) is 12.1 Å². The van der Waals surface area contributed by atoms with E-state index in [0.29, 0.717) is 28.5 Å². The van der Waals surface area contributed by atoms with Crippen molar-refractivity contribution in [2.24, 2.45) is 11.8 Å². The molecule has 6 nitrogen and oxygen atoms in total. The Morgan fingerprint density at radius 2 is 1.65 bits per heavy atom. The molecule has 1 spiro atoms. The highest BCUT2D eigenvalue weighted by atomic mass is 35.5. The molecule has 3 atom stereocenters. The van der Waals surface area contributed by atoms with Crippen LogP contribution in [-0.2, 0) is 26.5 Å². The number of para-hydroxylation sites is 1. The topological polar surface area (TPSA) is 69.7 Å². The number of hydrogen-bond donors (Lipinski definition) is 1. The van der Waals surface area contributed by atoms with Crippen molar-refractivity contribution in [3.63, 3.8) is 0 Å². The molecule has 8 heteroatoms. The van der Waals surface area contributed by atoms with E-state index in [2.05, 4.69) is 5.32 Å². The van der Waals surface area contributed by atoms with Gasteiger partial charge >= 0.3 is 0 Å². The summed E-state index contributed by atoms with van der Waals surface area (Å²) >= 11 is 11.7. The van der Waals surface area contributed by atoms with Crippen molar-refractivity contribution in [2.75, 3.05) is 9.80 Å². The quantitative estimate of drug-likeness (QED) is 0.449. The highest BCUT2D eigenvalue weighted by Gasteiger charge is 2.71. The average Bonchev–Trinajstić information content (AvgIpc) is 3.38. The van der Waals surface area contributed by atoms with Crippen LogP contribution in [0.25, 0.3) is 0 Å². The number of carbonyl (C=O) groups excluding carboxylic acids is 3. The number of carbonyl (C=O) groups is 3. The van der Waals surface area contributed by atoms with E-state index in [1.54, 1.807) is 29.2 Å². The largest absolute Gasteiger partial charge is 0.361 e. The third-order valence-electron chi connectivity index (χ3n) is 6.83. The van der Waals surface area contributed by atoms with Crippen molar-refractivity contribution in [3.8, 4) is 0 Å². The SMILES string of the molecule is O=C1[C@@H]2C(=S)N[C@@]3(C(=O)N(Cc4ccccc4)c4ccccc43)[C@@H]2C(=O)N1c1cccc(Cl)c1. The minimum absolute atomic E-state index is 0.206. The van der Waals surface area contributed by atoms with Crippen LogP contribution in [0.3, 0.4) is 0 Å². The third kappa shape index (κ3) is 2.74. The summed E-state index contributed by atoms with van der Waals surface area (Å²) < 4.78 is 0. The van der Waals surface area contributed by atoms with Crippen LogP contribution in [0.5, 0.6) is 0 Å². The molecule has 3 heterocycles. The molecular formula is C26H18ClN3O3S. The Morgan fingerprint density at radius 1 is 0.912 bits per heavy atom. The fourth-order valence-electron chi connectivity index (χ4n) is 5.41. The number of rotatable bonds is 3. The summed E-state index contributed by atoms with van der Waals surface area (Å²) in [7, 11) is 0. The molecule has 3 aliphatic rings. The van der Waals surface area contributed by atoms with E-state index in [-0.39, 0.29) is 10.9 Å². The summed E-state index contributed by atoms with van der Waals surface area (Å²) in [6, 6.07) is 23.6. The number of fused-ring (bicyclic) bond motifs is 4. The molecule has 3 aromatic carbocycles. The van der Waals surface area contributed by atoms with Crippen molar-refractivity contribution >= 4 is 57.9 Å². The minimum Gasteiger partial charge on any atom is -0.361 e. The van der Waals surface area contributed by atoms with Crippen LogP contribution in [0, 0.1) is 11.8 Å². The number of nitrogens with one attached hydrogen (secondary N) is 1. The standard InChI is InChI=1S/C26H18ClN3O3S/c27-16-9-6-10-17(13-16)30-23(31)20-21(24(30)32)26(28-22(20)34)18-11-4-5-12-19(18)29(25(26)33)14-15-7-2-1-3-8-15/h1-13,20-21H,14H2,(H,28,34)/t20-,21-,26+/m0/s1. The monoisotopic (exact) mass is 487 g/mol. The molecule has 34 heavy (non-hydrogen) atoms. The number of amides is 3. The maximum Gasteiger partial charge on any atom is 0.258 e. The maximum absolute atomic E-state index is 14.1. The fourth-order valence-corrected chi connectivity index (χ4v) is 6.00. The number of halogens is 1. The Balaban J connectivity index is 1.48. The van der Waals surface area contributed by atoms with Gasteiger partial charge in [-0.1, -0.05) is 78.4 Å². The van der Waals surface area contributed by atoms with E-state index >= 15 is 0 Å². The van der Waals surface area contributed by atoms with Gasteiger partial charge in [0.25, 0.3) is 5.91 Å². The molecule has 1 N–H and O–H groups in total. The van der Waals surface area contributed by atoms with Gasteiger partial charge in [-0.2, -0.15) is 0 Å². The van der Waals surface area contributed by atoms with Gasteiger partial charge in [-0.25, -0.2) is 4.90 Å². The number of hydrogen-bond acceptors (Lipinski definition) is 4. The van der Waals surface area contributed by atoms with E-state index < -0.39 is 29.2 Å². The zero-order chi connectivity index (χ0) is 23.6. The second-order valence-corrected chi connectivity index (χ2v) is 9.51. The van der Waals surface area contributed by atoms with Gasteiger partial charge in [0.05, 0.1) is 28.8 Å². The molecule has 0 radical (unpaired) electrons. The van der Waals surface area contributed by atoms with E-state index in [1.807, 2.05) is 54.6 Å². The number of thiocarbonyl (C=S) groups is 1. The second kappa shape index (κ2) is 7.48. The molecule has 3 amide bonds. The van der Waals surface area contributed by atoms with Gasteiger partial charge < -0.3 is 10.2 Å². The highest BCUT2D eigenvalue weighted by molar-refractivity contribution is 7.80. The zero-order valence-corrected chi connectivity index (χ0v) is 19.3. The van der Waals surface area contributed by atoms with Gasteiger partial charge in [0.15, 0.2) is 5.54 Å².